The number of hydrogen-bond donors (Lipinski definition) is 2. The van der Waals surface area contributed by atoms with Crippen LogP contribution in [0.2, 0.25) is 0 Å². The number of aryl methyl sites for hydroxylation is 2. The molecule has 0 atom stereocenters. The molecule has 5 heteroatoms. The summed E-state index contributed by atoms with van der Waals surface area (Å²) in [6.07, 6.45) is 0. The van der Waals surface area contributed by atoms with Gasteiger partial charge in [-0.3, -0.25) is 0 Å². The van der Waals surface area contributed by atoms with Crippen LogP contribution >= 0.6 is 0 Å². The van der Waals surface area contributed by atoms with Crippen molar-refractivity contribution in [3.05, 3.63) is 108 Å². The molecule has 4 rings (SSSR count). The molecule has 156 valence electrons. The van der Waals surface area contributed by atoms with Crippen molar-refractivity contribution in [1.82, 2.24) is 0 Å². The maximum atomic E-state index is 13.7. The van der Waals surface area contributed by atoms with Crippen LogP contribution in [0.25, 0.3) is 0 Å². The summed E-state index contributed by atoms with van der Waals surface area (Å²) in [4.78, 5) is 0.461. The van der Waals surface area contributed by atoms with E-state index >= 15 is 0 Å². The van der Waals surface area contributed by atoms with E-state index in [1.807, 2.05) is 74.5 Å². The van der Waals surface area contributed by atoms with Crippen molar-refractivity contribution in [2.75, 3.05) is 10.6 Å². The van der Waals surface area contributed by atoms with Gasteiger partial charge in [0.25, 0.3) is 0 Å². The highest BCUT2D eigenvalue weighted by molar-refractivity contribution is 7.91. The molecule has 0 aromatic heterocycles. The second kappa shape index (κ2) is 8.66. The first kappa shape index (κ1) is 20.7. The van der Waals surface area contributed by atoms with Crippen LogP contribution in [0, 0.1) is 13.8 Å². The number of sulfone groups is 1. The zero-order chi connectivity index (χ0) is 21.8. The van der Waals surface area contributed by atoms with Crippen molar-refractivity contribution in [2.24, 2.45) is 0 Å². The molecule has 0 amide bonds. The van der Waals surface area contributed by atoms with Gasteiger partial charge in [-0.2, -0.15) is 0 Å². The number of anilines is 4. The molecule has 0 aliphatic rings. The summed E-state index contributed by atoms with van der Waals surface area (Å²) in [7, 11) is -3.78. The molecule has 0 bridgehead atoms. The molecule has 4 aromatic rings. The van der Waals surface area contributed by atoms with E-state index in [-0.39, 0.29) is 9.79 Å². The first-order valence-corrected chi connectivity index (χ1v) is 11.5. The first-order chi connectivity index (χ1) is 14.9. The number of rotatable bonds is 6. The second-order valence-corrected chi connectivity index (χ2v) is 9.36. The van der Waals surface area contributed by atoms with E-state index in [2.05, 4.69) is 10.6 Å². The van der Waals surface area contributed by atoms with Gasteiger partial charge in [0.15, 0.2) is 0 Å². The molecule has 0 radical (unpaired) electrons. The van der Waals surface area contributed by atoms with Crippen LogP contribution in [-0.2, 0) is 9.84 Å². The van der Waals surface area contributed by atoms with Gasteiger partial charge in [0.2, 0.25) is 9.84 Å². The van der Waals surface area contributed by atoms with Gasteiger partial charge in [0, 0.05) is 11.4 Å². The normalized spacial score (nSPS) is 11.2. The van der Waals surface area contributed by atoms with Crippen LogP contribution in [0.5, 0.6) is 0 Å². The van der Waals surface area contributed by atoms with Gasteiger partial charge in [-0.15, -0.1) is 0 Å². The first-order valence-electron chi connectivity index (χ1n) is 10.0. The molecular weight excluding hydrogens is 404 g/mol. The lowest BCUT2D eigenvalue weighted by Crippen LogP contribution is -2.08. The minimum Gasteiger partial charge on any atom is -0.354 e. The van der Waals surface area contributed by atoms with Gasteiger partial charge in [0.05, 0.1) is 21.2 Å². The summed E-state index contributed by atoms with van der Waals surface area (Å²) >= 11 is 0. The fourth-order valence-corrected chi connectivity index (χ4v) is 4.88. The predicted molar refractivity (Wildman–Crippen MR) is 127 cm³/mol. The Kier molecular flexibility index (Phi) is 5.78. The summed E-state index contributed by atoms with van der Waals surface area (Å²) in [6.45, 7) is 4.03. The molecule has 0 fully saturated rings. The van der Waals surface area contributed by atoms with Crippen LogP contribution in [0.15, 0.2) is 107 Å². The van der Waals surface area contributed by atoms with Crippen LogP contribution in [-0.4, -0.2) is 8.42 Å². The standard InChI is InChI=1S/C26H24N2O2S/c1-19-11-15-21(16-12-19)27-23-7-3-5-9-25(23)31(29,30)26-10-6-4-8-24(26)28-22-17-13-20(2)14-18-22/h3-18,27-28H,1-2H3. The van der Waals surface area contributed by atoms with Gasteiger partial charge in [0.1, 0.15) is 0 Å². The molecule has 0 aliphatic heterocycles. The molecular formula is C26H24N2O2S. The summed E-state index contributed by atoms with van der Waals surface area (Å²) in [5.41, 5.74) is 5.02. The summed E-state index contributed by atoms with van der Waals surface area (Å²) in [5, 5.41) is 6.50. The molecule has 4 aromatic carbocycles. The fraction of sp³-hybridized carbons (Fsp3) is 0.0769. The Labute approximate surface area is 183 Å². The summed E-state index contributed by atoms with van der Waals surface area (Å²) in [5.74, 6) is 0. The van der Waals surface area contributed by atoms with Crippen molar-refractivity contribution in [1.29, 1.82) is 0 Å². The highest BCUT2D eigenvalue weighted by Crippen LogP contribution is 2.34. The molecule has 2 N–H and O–H groups in total. The molecule has 0 spiro atoms. The van der Waals surface area contributed by atoms with Crippen molar-refractivity contribution in [3.63, 3.8) is 0 Å². The lowest BCUT2D eigenvalue weighted by molar-refractivity contribution is 0.597. The van der Waals surface area contributed by atoms with Crippen LogP contribution in [0.4, 0.5) is 22.7 Å². The number of para-hydroxylation sites is 2. The van der Waals surface area contributed by atoms with E-state index in [9.17, 15) is 8.42 Å². The molecule has 0 unspecified atom stereocenters. The van der Waals surface area contributed by atoms with Gasteiger partial charge in [-0.05, 0) is 62.4 Å². The third-order valence-electron chi connectivity index (χ3n) is 5.01. The average molecular weight is 429 g/mol. The van der Waals surface area contributed by atoms with Gasteiger partial charge in [-0.1, -0.05) is 59.7 Å². The molecule has 4 nitrogen and oxygen atoms in total. The highest BCUT2D eigenvalue weighted by Gasteiger charge is 2.24. The third-order valence-corrected chi connectivity index (χ3v) is 6.88. The Hall–Kier alpha value is -3.57. The zero-order valence-electron chi connectivity index (χ0n) is 17.5. The Morgan fingerprint density at radius 3 is 1.26 bits per heavy atom. The SMILES string of the molecule is Cc1ccc(Nc2ccccc2S(=O)(=O)c2ccccc2Nc2ccc(C)cc2)cc1. The van der Waals surface area contributed by atoms with Gasteiger partial charge >= 0.3 is 0 Å². The van der Waals surface area contributed by atoms with E-state index in [0.29, 0.717) is 11.4 Å². The van der Waals surface area contributed by atoms with E-state index < -0.39 is 9.84 Å². The third kappa shape index (κ3) is 4.62. The van der Waals surface area contributed by atoms with E-state index in [1.54, 1.807) is 36.4 Å². The Morgan fingerprint density at radius 1 is 0.516 bits per heavy atom. The molecule has 0 heterocycles. The average Bonchev–Trinajstić information content (AvgIpc) is 2.77. The second-order valence-electron chi connectivity index (χ2n) is 7.48. The van der Waals surface area contributed by atoms with E-state index in [1.165, 1.54) is 0 Å². The van der Waals surface area contributed by atoms with Crippen molar-refractivity contribution in [2.45, 2.75) is 23.6 Å². The lowest BCUT2D eigenvalue weighted by atomic mass is 10.2. The van der Waals surface area contributed by atoms with Crippen molar-refractivity contribution in [3.8, 4) is 0 Å². The van der Waals surface area contributed by atoms with E-state index in [4.69, 9.17) is 0 Å². The van der Waals surface area contributed by atoms with Crippen LogP contribution in [0.3, 0.4) is 0 Å². The zero-order valence-corrected chi connectivity index (χ0v) is 18.3. The summed E-state index contributed by atoms with van der Waals surface area (Å²) < 4.78 is 27.4. The fourth-order valence-electron chi connectivity index (χ4n) is 3.31. The molecule has 31 heavy (non-hydrogen) atoms. The monoisotopic (exact) mass is 428 g/mol. The quantitative estimate of drug-likeness (QED) is 0.362. The molecule has 0 aliphatic carbocycles. The lowest BCUT2D eigenvalue weighted by Gasteiger charge is -2.16. The largest absolute Gasteiger partial charge is 0.354 e. The maximum absolute atomic E-state index is 13.7. The minimum atomic E-state index is -3.78. The Bertz CT molecular complexity index is 1200. The minimum absolute atomic E-state index is 0.230. The van der Waals surface area contributed by atoms with Gasteiger partial charge < -0.3 is 10.6 Å². The van der Waals surface area contributed by atoms with Crippen LogP contribution in [0.1, 0.15) is 11.1 Å². The predicted octanol–water partition coefficient (Wildman–Crippen LogP) is 6.62. The van der Waals surface area contributed by atoms with Crippen LogP contribution < -0.4 is 10.6 Å². The number of hydrogen-bond acceptors (Lipinski definition) is 4. The Morgan fingerprint density at radius 2 is 0.871 bits per heavy atom. The van der Waals surface area contributed by atoms with Crippen molar-refractivity contribution < 1.29 is 8.42 Å². The van der Waals surface area contributed by atoms with Crippen molar-refractivity contribution >= 4 is 32.6 Å². The Balaban J connectivity index is 1.73. The van der Waals surface area contributed by atoms with E-state index in [0.717, 1.165) is 22.5 Å². The molecule has 0 saturated carbocycles. The number of nitrogens with one attached hydrogen (secondary N) is 2. The molecule has 0 saturated heterocycles. The highest BCUT2D eigenvalue weighted by atomic mass is 32.2. The maximum Gasteiger partial charge on any atom is 0.210 e. The van der Waals surface area contributed by atoms with Gasteiger partial charge in [-0.25, -0.2) is 8.42 Å². The smallest absolute Gasteiger partial charge is 0.210 e. The summed E-state index contributed by atoms with van der Waals surface area (Å²) in [6, 6.07) is 29.6. The topological polar surface area (TPSA) is 58.2 Å². The number of benzene rings is 4.